The van der Waals surface area contributed by atoms with Gasteiger partial charge in [0.05, 0.1) is 9.81 Å². The Kier molecular flexibility index (Phi) is 12.0. The molecule has 2 aromatic heterocycles. The third kappa shape index (κ3) is 8.80. The van der Waals surface area contributed by atoms with Crippen LogP contribution in [-0.2, 0) is 32.0 Å². The molecule has 2 fully saturated rings. The Bertz CT molecular complexity index is 1920. The summed E-state index contributed by atoms with van der Waals surface area (Å²) in [5, 5.41) is 7.72. The molecule has 0 radical (unpaired) electrons. The van der Waals surface area contributed by atoms with Crippen LogP contribution in [0.25, 0.3) is 0 Å². The van der Waals surface area contributed by atoms with Gasteiger partial charge < -0.3 is 10.6 Å². The Hall–Kier alpha value is -3.22. The van der Waals surface area contributed by atoms with Crippen LogP contribution in [0.2, 0.25) is 10.0 Å². The van der Waals surface area contributed by atoms with E-state index in [2.05, 4.69) is 20.6 Å². The molecule has 2 aromatic carbocycles. The predicted octanol–water partition coefficient (Wildman–Crippen LogP) is 7.38. The third-order valence-corrected chi connectivity index (χ3v) is 12.9. The van der Waals surface area contributed by atoms with Crippen molar-refractivity contribution in [2.75, 3.05) is 23.7 Å². The third-order valence-electron chi connectivity index (χ3n) is 7.27. The van der Waals surface area contributed by atoms with Crippen LogP contribution in [0.3, 0.4) is 0 Å². The molecule has 2 aliphatic rings. The van der Waals surface area contributed by atoms with E-state index < -0.39 is 11.8 Å². The number of thiocarbonyl (C=S) groups is 2. The Balaban J connectivity index is 0.987. The number of thioether (sulfide) groups is 2. The van der Waals surface area contributed by atoms with Crippen molar-refractivity contribution < 1.29 is 19.2 Å². The molecule has 10 nitrogen and oxygen atoms in total. The summed E-state index contributed by atoms with van der Waals surface area (Å²) in [6.07, 6.45) is 4.49. The molecule has 2 aliphatic heterocycles. The van der Waals surface area contributed by atoms with Crippen LogP contribution >= 0.6 is 93.8 Å². The minimum Gasteiger partial charge on any atom is -0.302 e. The number of benzene rings is 2. The average Bonchev–Trinajstić information content (AvgIpc) is 3.85. The number of nitrogens with one attached hydrogen (secondary N) is 2. The van der Waals surface area contributed by atoms with Crippen molar-refractivity contribution >= 4 is 136 Å². The van der Waals surface area contributed by atoms with E-state index >= 15 is 0 Å². The highest BCUT2D eigenvalue weighted by Gasteiger charge is 2.42. The number of aromatic nitrogens is 2. The van der Waals surface area contributed by atoms with Crippen LogP contribution < -0.4 is 10.6 Å². The molecule has 0 bridgehead atoms. The maximum Gasteiger partial charge on any atom is 0.267 e. The molecule has 256 valence electrons. The van der Waals surface area contributed by atoms with Gasteiger partial charge in [0, 0.05) is 71.0 Å². The van der Waals surface area contributed by atoms with Crippen molar-refractivity contribution in [1.29, 1.82) is 0 Å². The van der Waals surface area contributed by atoms with Gasteiger partial charge in [-0.2, -0.15) is 0 Å². The fourth-order valence-electron chi connectivity index (χ4n) is 4.80. The summed E-state index contributed by atoms with van der Waals surface area (Å²) >= 11 is 28.0. The number of anilines is 2. The molecule has 50 heavy (non-hydrogen) atoms. The summed E-state index contributed by atoms with van der Waals surface area (Å²) in [6, 6.07) is 15.1. The van der Waals surface area contributed by atoms with Gasteiger partial charge in [0.25, 0.3) is 11.8 Å². The zero-order valence-electron chi connectivity index (χ0n) is 25.6. The molecule has 2 saturated heterocycles. The van der Waals surface area contributed by atoms with Gasteiger partial charge in [0.1, 0.15) is 8.64 Å². The van der Waals surface area contributed by atoms with E-state index in [0.29, 0.717) is 33.2 Å². The Labute approximate surface area is 324 Å². The number of hydrogen-bond acceptors (Lipinski definition) is 12. The molecule has 0 aliphatic carbocycles. The number of thiazole rings is 2. The fourth-order valence-corrected chi connectivity index (χ4v) is 9.68. The maximum atomic E-state index is 13.3. The lowest BCUT2D eigenvalue weighted by atomic mass is 10.1. The van der Waals surface area contributed by atoms with E-state index in [0.717, 1.165) is 44.4 Å². The van der Waals surface area contributed by atoms with Gasteiger partial charge in [-0.05, 0) is 23.3 Å². The molecule has 18 heteroatoms. The second-order valence-corrected chi connectivity index (χ2v) is 17.0. The van der Waals surface area contributed by atoms with Gasteiger partial charge in [-0.1, -0.05) is 108 Å². The molecule has 0 spiro atoms. The van der Waals surface area contributed by atoms with Crippen LogP contribution in [0.5, 0.6) is 0 Å². The number of rotatable bonds is 12. The van der Waals surface area contributed by atoms with Crippen LogP contribution in [0.15, 0.2) is 70.7 Å². The molecular formula is C32H24Cl2N6O4S6. The molecule has 2 N–H and O–H groups in total. The summed E-state index contributed by atoms with van der Waals surface area (Å²) in [5.41, 5.74) is 1.92. The Morgan fingerprint density at radius 2 is 1.08 bits per heavy atom. The number of nitrogens with zero attached hydrogens (tertiary/aromatic N) is 4. The maximum absolute atomic E-state index is 13.3. The SMILES string of the molecule is O=C(CCN1C(=O)C(=C2SC(=S)N(CCC(=O)Nc3ncc(Cc4ccccc4Cl)s3)C2=O)SC1=S)Nc1ncc(Cc2ccccc2Cl)s1. The Morgan fingerprint density at radius 1 is 0.680 bits per heavy atom. The standard InChI is InChI=1S/C32H24Cl2N6O4S6/c33-21-7-3-1-5-17(21)13-19-15-35-29(47-19)37-23(41)9-11-39-27(43)25(49-31(39)45)26-28(44)40(32(46)50-26)12-10-24(42)38-30-36-16-20(48-30)14-18-6-2-4-8-22(18)34/h1-8,15-16H,9-14H2,(H,35,37,41)(H,36,38,42). The van der Waals surface area contributed by atoms with Crippen LogP contribution in [0, 0.1) is 0 Å². The van der Waals surface area contributed by atoms with Crippen molar-refractivity contribution in [3.63, 3.8) is 0 Å². The first kappa shape index (κ1) is 36.6. The van der Waals surface area contributed by atoms with Gasteiger partial charge in [-0.15, -0.1) is 22.7 Å². The van der Waals surface area contributed by atoms with Crippen molar-refractivity contribution in [3.05, 3.63) is 102 Å². The molecule has 6 rings (SSSR count). The number of halogens is 2. The van der Waals surface area contributed by atoms with E-state index in [9.17, 15) is 19.2 Å². The normalized spacial score (nSPS) is 16.1. The van der Waals surface area contributed by atoms with Crippen LogP contribution in [0.1, 0.15) is 33.7 Å². The molecule has 0 atom stereocenters. The highest BCUT2D eigenvalue weighted by atomic mass is 35.5. The van der Waals surface area contributed by atoms with E-state index in [1.54, 1.807) is 12.4 Å². The summed E-state index contributed by atoms with van der Waals surface area (Å²) in [4.78, 5) is 65.5. The van der Waals surface area contributed by atoms with Gasteiger partial charge in [0.15, 0.2) is 10.3 Å². The van der Waals surface area contributed by atoms with Crippen molar-refractivity contribution in [3.8, 4) is 0 Å². The number of amides is 4. The summed E-state index contributed by atoms with van der Waals surface area (Å²) in [6.45, 7) is 0.0460. The predicted molar refractivity (Wildman–Crippen MR) is 210 cm³/mol. The van der Waals surface area contributed by atoms with E-state index in [1.807, 2.05) is 48.5 Å². The lowest BCUT2D eigenvalue weighted by Gasteiger charge is -2.14. The molecule has 4 amide bonds. The first-order chi connectivity index (χ1) is 24.0. The van der Waals surface area contributed by atoms with Crippen LogP contribution in [-0.4, -0.2) is 65.1 Å². The van der Waals surface area contributed by atoms with Crippen molar-refractivity contribution in [2.45, 2.75) is 25.7 Å². The topological polar surface area (TPSA) is 125 Å². The highest BCUT2D eigenvalue weighted by Crippen LogP contribution is 2.42. The number of hydrogen-bond donors (Lipinski definition) is 2. The average molecular weight is 820 g/mol. The summed E-state index contributed by atoms with van der Waals surface area (Å²) in [7, 11) is 0. The Morgan fingerprint density at radius 3 is 1.48 bits per heavy atom. The van der Waals surface area contributed by atoms with Crippen molar-refractivity contribution in [1.82, 2.24) is 19.8 Å². The quantitative estimate of drug-likeness (QED) is 0.111. The lowest BCUT2D eigenvalue weighted by molar-refractivity contribution is -0.125. The second-order valence-electron chi connectivity index (χ2n) is 10.7. The largest absolute Gasteiger partial charge is 0.302 e. The van der Waals surface area contributed by atoms with Gasteiger partial charge in [0.2, 0.25) is 11.8 Å². The number of carbonyl (C=O) groups is 4. The molecule has 4 aromatic rings. The number of carbonyl (C=O) groups excluding carboxylic acids is 4. The van der Waals surface area contributed by atoms with Gasteiger partial charge in [-0.3, -0.25) is 29.0 Å². The minimum absolute atomic E-state index is 0.0230. The van der Waals surface area contributed by atoms with Crippen LogP contribution in [0.4, 0.5) is 10.3 Å². The summed E-state index contributed by atoms with van der Waals surface area (Å²) < 4.78 is 0.465. The zero-order valence-corrected chi connectivity index (χ0v) is 32.1. The first-order valence-corrected chi connectivity index (χ1v) is 19.7. The molecular weight excluding hydrogens is 796 g/mol. The smallest absolute Gasteiger partial charge is 0.267 e. The van der Waals surface area contributed by atoms with E-state index in [4.69, 9.17) is 47.6 Å². The van der Waals surface area contributed by atoms with Gasteiger partial charge >= 0.3 is 0 Å². The zero-order chi connectivity index (χ0) is 35.4. The highest BCUT2D eigenvalue weighted by molar-refractivity contribution is 8.29. The van der Waals surface area contributed by atoms with Crippen molar-refractivity contribution in [2.24, 2.45) is 0 Å². The van der Waals surface area contributed by atoms with E-state index in [-0.39, 0.29) is 56.2 Å². The van der Waals surface area contributed by atoms with E-state index in [1.165, 1.54) is 32.5 Å². The molecule has 4 heterocycles. The summed E-state index contributed by atoms with van der Waals surface area (Å²) in [5.74, 6) is -1.62. The van der Waals surface area contributed by atoms with Gasteiger partial charge in [-0.25, -0.2) is 9.97 Å². The second kappa shape index (κ2) is 16.4. The molecule has 0 saturated carbocycles. The monoisotopic (exact) mass is 818 g/mol. The molecule has 0 unspecified atom stereocenters. The first-order valence-electron chi connectivity index (χ1n) is 14.8. The fraction of sp³-hybridized carbons (Fsp3) is 0.188. The minimum atomic E-state index is -0.473. The lowest BCUT2D eigenvalue weighted by Crippen LogP contribution is -2.33.